The van der Waals surface area contributed by atoms with E-state index in [0.717, 1.165) is 11.1 Å². The van der Waals surface area contributed by atoms with Crippen molar-refractivity contribution < 1.29 is 19.1 Å². The number of nitrogens with two attached hydrogens (primary N) is 1. The summed E-state index contributed by atoms with van der Waals surface area (Å²) < 4.78 is 10.1. The molecule has 0 saturated carbocycles. The first-order chi connectivity index (χ1) is 9.17. The number of carbonyl (C=O) groups is 1. The maximum Gasteiger partial charge on any atom is 0.314 e. The zero-order valence-electron chi connectivity index (χ0n) is 10.8. The number of aliphatic hydroxyl groups is 1. The number of hydrogen-bond donors (Lipinski definition) is 2. The molecule has 0 aromatic carbocycles. The predicted molar refractivity (Wildman–Crippen MR) is 69.9 cm³/mol. The van der Waals surface area contributed by atoms with Gasteiger partial charge in [-0.15, -0.1) is 0 Å². The summed E-state index contributed by atoms with van der Waals surface area (Å²) in [4.78, 5) is 11.7. The molecule has 1 aromatic rings. The normalized spacial score (nSPS) is 18.7. The van der Waals surface area contributed by atoms with Crippen LogP contribution in [-0.2, 0) is 16.0 Å². The largest absolute Gasteiger partial charge is 0.469 e. The van der Waals surface area contributed by atoms with Gasteiger partial charge in [-0.2, -0.15) is 0 Å². The number of esters is 1. The van der Waals surface area contributed by atoms with Crippen molar-refractivity contribution in [3.63, 3.8) is 0 Å². The van der Waals surface area contributed by atoms with Crippen LogP contribution in [0, 0.1) is 5.92 Å². The molecule has 0 amide bonds. The summed E-state index contributed by atoms with van der Waals surface area (Å²) in [6.45, 7) is 0.0200. The number of carbonyl (C=O) groups excluding carboxylic acids is 1. The van der Waals surface area contributed by atoms with Gasteiger partial charge in [0.15, 0.2) is 0 Å². The van der Waals surface area contributed by atoms with Gasteiger partial charge in [-0.3, -0.25) is 4.79 Å². The lowest BCUT2D eigenvalue weighted by atomic mass is 9.87. The Morgan fingerprint density at radius 2 is 2.37 bits per heavy atom. The number of furan rings is 1. The average Bonchev–Trinajstić information content (AvgIpc) is 2.87. The first kappa shape index (κ1) is 13.4. The van der Waals surface area contributed by atoms with Crippen LogP contribution in [0.2, 0.25) is 0 Å². The topological polar surface area (TPSA) is 85.7 Å². The number of ether oxygens (including phenoxy) is 1. The number of hydrogen-bond acceptors (Lipinski definition) is 5. The highest BCUT2D eigenvalue weighted by molar-refractivity contribution is 5.82. The Labute approximate surface area is 111 Å². The van der Waals surface area contributed by atoms with E-state index in [4.69, 9.17) is 20.0 Å². The molecule has 0 radical (unpaired) electrons. The van der Waals surface area contributed by atoms with Gasteiger partial charge in [0.25, 0.3) is 0 Å². The van der Waals surface area contributed by atoms with Gasteiger partial charge in [0, 0.05) is 17.7 Å². The number of allylic oxidation sites excluding steroid dienone is 3. The highest BCUT2D eigenvalue weighted by Crippen LogP contribution is 2.32. The van der Waals surface area contributed by atoms with E-state index in [1.165, 1.54) is 7.11 Å². The molecule has 1 aliphatic carbocycles. The smallest absolute Gasteiger partial charge is 0.314 e. The average molecular weight is 263 g/mol. The molecule has 102 valence electrons. The van der Waals surface area contributed by atoms with Gasteiger partial charge < -0.3 is 20.0 Å². The van der Waals surface area contributed by atoms with Crippen molar-refractivity contribution in [2.45, 2.75) is 12.8 Å². The molecule has 0 bridgehead atoms. The van der Waals surface area contributed by atoms with Crippen molar-refractivity contribution in [3.05, 3.63) is 41.5 Å². The van der Waals surface area contributed by atoms with Gasteiger partial charge >= 0.3 is 5.97 Å². The third kappa shape index (κ3) is 2.71. The molecule has 5 heteroatoms. The number of methoxy groups -OCH3 is 1. The Morgan fingerprint density at radius 3 is 3.05 bits per heavy atom. The zero-order chi connectivity index (χ0) is 13.8. The summed E-state index contributed by atoms with van der Waals surface area (Å²) in [6.07, 6.45) is 6.10. The van der Waals surface area contributed by atoms with Crippen molar-refractivity contribution in [3.8, 4) is 0 Å². The molecule has 19 heavy (non-hydrogen) atoms. The lowest BCUT2D eigenvalue weighted by Gasteiger charge is -2.20. The Bertz CT molecular complexity index is 527. The van der Waals surface area contributed by atoms with Crippen LogP contribution in [0.5, 0.6) is 0 Å². The first-order valence-electron chi connectivity index (χ1n) is 6.09. The number of aliphatic hydroxyl groups excluding tert-OH is 1. The van der Waals surface area contributed by atoms with Crippen molar-refractivity contribution in [1.29, 1.82) is 0 Å². The van der Waals surface area contributed by atoms with Crippen molar-refractivity contribution in [2.75, 3.05) is 13.7 Å². The van der Waals surface area contributed by atoms with Crippen LogP contribution in [-0.4, -0.2) is 24.8 Å². The van der Waals surface area contributed by atoms with E-state index in [1.807, 2.05) is 12.1 Å². The highest BCUT2D eigenvalue weighted by atomic mass is 16.5. The fraction of sp³-hybridized carbons (Fsp3) is 0.357. The van der Waals surface area contributed by atoms with Crippen molar-refractivity contribution in [2.24, 2.45) is 11.7 Å². The minimum atomic E-state index is -0.457. The van der Waals surface area contributed by atoms with Crippen molar-refractivity contribution >= 4 is 11.5 Å². The summed E-state index contributed by atoms with van der Waals surface area (Å²) in [7, 11) is 1.35. The lowest BCUT2D eigenvalue weighted by molar-refractivity contribution is -0.143. The van der Waals surface area contributed by atoms with E-state index in [9.17, 15) is 4.79 Å². The Balaban J connectivity index is 2.26. The molecular formula is C14H17NO4. The molecule has 1 unspecified atom stereocenters. The molecule has 1 aliphatic rings. The van der Waals surface area contributed by atoms with E-state index in [1.54, 1.807) is 12.3 Å². The summed E-state index contributed by atoms with van der Waals surface area (Å²) in [5, 5.41) is 9.00. The third-order valence-electron chi connectivity index (χ3n) is 3.22. The summed E-state index contributed by atoms with van der Waals surface area (Å²) >= 11 is 0. The molecule has 0 fully saturated rings. The second kappa shape index (κ2) is 5.75. The second-order valence-corrected chi connectivity index (χ2v) is 4.37. The van der Waals surface area contributed by atoms with Gasteiger partial charge in [0.05, 0.1) is 20.0 Å². The van der Waals surface area contributed by atoms with Gasteiger partial charge in [-0.1, -0.05) is 6.08 Å². The summed E-state index contributed by atoms with van der Waals surface area (Å²) in [6, 6.07) is 1.83. The molecular weight excluding hydrogens is 246 g/mol. The maximum atomic E-state index is 11.7. The molecule has 0 aliphatic heterocycles. The third-order valence-corrected chi connectivity index (χ3v) is 3.22. The highest BCUT2D eigenvalue weighted by Gasteiger charge is 2.27. The van der Waals surface area contributed by atoms with E-state index < -0.39 is 5.92 Å². The monoisotopic (exact) mass is 263 g/mol. The Kier molecular flexibility index (Phi) is 4.06. The fourth-order valence-corrected chi connectivity index (χ4v) is 2.20. The fourth-order valence-electron chi connectivity index (χ4n) is 2.20. The maximum absolute atomic E-state index is 11.7. The number of rotatable bonds is 4. The van der Waals surface area contributed by atoms with E-state index in [0.29, 0.717) is 24.3 Å². The standard InChI is InChI=1S/C14H17NO4/c1-18-14(17)11-8-9(2-3-12(11)15)10-5-7-19-13(10)4-6-16/h2-3,5,7,11,16H,4,6,8,15H2,1H3. The Hall–Kier alpha value is -2.01. The van der Waals surface area contributed by atoms with Crippen LogP contribution in [0.25, 0.3) is 5.57 Å². The van der Waals surface area contributed by atoms with Gasteiger partial charge in [-0.25, -0.2) is 0 Å². The van der Waals surface area contributed by atoms with Crippen LogP contribution in [0.15, 0.2) is 34.6 Å². The minimum absolute atomic E-state index is 0.0200. The zero-order valence-corrected chi connectivity index (χ0v) is 10.8. The van der Waals surface area contributed by atoms with Gasteiger partial charge in [0.2, 0.25) is 0 Å². The lowest BCUT2D eigenvalue weighted by Crippen LogP contribution is -2.25. The second-order valence-electron chi connectivity index (χ2n) is 4.37. The summed E-state index contributed by atoms with van der Waals surface area (Å²) in [5.41, 5.74) is 8.19. The van der Waals surface area contributed by atoms with Gasteiger partial charge in [-0.05, 0) is 24.1 Å². The molecule has 0 spiro atoms. The van der Waals surface area contributed by atoms with Crippen LogP contribution < -0.4 is 5.73 Å². The molecule has 3 N–H and O–H groups in total. The van der Waals surface area contributed by atoms with E-state index in [-0.39, 0.29) is 12.6 Å². The van der Waals surface area contributed by atoms with Gasteiger partial charge in [0.1, 0.15) is 11.7 Å². The molecule has 2 rings (SSSR count). The quantitative estimate of drug-likeness (QED) is 0.798. The predicted octanol–water partition coefficient (Wildman–Crippen LogP) is 1.23. The SMILES string of the molecule is COC(=O)C1CC(c2ccoc2CCO)=CC=C1N. The molecule has 1 aromatic heterocycles. The van der Waals surface area contributed by atoms with E-state index in [2.05, 4.69) is 0 Å². The van der Waals surface area contributed by atoms with Crippen molar-refractivity contribution in [1.82, 2.24) is 0 Å². The Morgan fingerprint density at radius 1 is 1.58 bits per heavy atom. The molecule has 0 saturated heterocycles. The first-order valence-corrected chi connectivity index (χ1v) is 6.09. The molecule has 5 nitrogen and oxygen atoms in total. The van der Waals surface area contributed by atoms with Crippen LogP contribution >= 0.6 is 0 Å². The summed E-state index contributed by atoms with van der Waals surface area (Å²) in [5.74, 6) is -0.0836. The van der Waals surface area contributed by atoms with Crippen LogP contribution in [0.4, 0.5) is 0 Å². The molecule has 1 heterocycles. The van der Waals surface area contributed by atoms with E-state index >= 15 is 0 Å². The van der Waals surface area contributed by atoms with Crippen LogP contribution in [0.3, 0.4) is 0 Å². The minimum Gasteiger partial charge on any atom is -0.469 e. The molecule has 1 atom stereocenters. The van der Waals surface area contributed by atoms with Crippen LogP contribution in [0.1, 0.15) is 17.7 Å².